The van der Waals surface area contributed by atoms with Gasteiger partial charge < -0.3 is 10.4 Å². The Morgan fingerprint density at radius 1 is 1.25 bits per heavy atom. The van der Waals surface area contributed by atoms with E-state index in [0.29, 0.717) is 17.6 Å². The molecule has 104 valence electrons. The van der Waals surface area contributed by atoms with Crippen molar-refractivity contribution < 1.29 is 9.90 Å². The van der Waals surface area contributed by atoms with Crippen molar-refractivity contribution in [3.05, 3.63) is 30.1 Å². The molecule has 6 heteroatoms. The van der Waals surface area contributed by atoms with Crippen LogP contribution in [0.1, 0.15) is 29.9 Å². The molecule has 3 rings (SSSR count). The first-order valence-corrected chi connectivity index (χ1v) is 6.80. The Hall–Kier alpha value is -2.08. The first-order valence-electron chi connectivity index (χ1n) is 6.80. The fourth-order valence-electron chi connectivity index (χ4n) is 2.54. The van der Waals surface area contributed by atoms with Gasteiger partial charge in [0.05, 0.1) is 11.6 Å². The third-order valence-electron chi connectivity index (χ3n) is 3.71. The summed E-state index contributed by atoms with van der Waals surface area (Å²) >= 11 is 0. The molecule has 0 saturated heterocycles. The van der Waals surface area contributed by atoms with Crippen molar-refractivity contribution in [2.75, 3.05) is 6.54 Å². The average molecular weight is 272 g/mol. The van der Waals surface area contributed by atoms with Gasteiger partial charge in [0.15, 0.2) is 0 Å². The maximum Gasteiger partial charge on any atom is 0.291 e. The van der Waals surface area contributed by atoms with Crippen LogP contribution in [-0.4, -0.2) is 38.8 Å². The molecule has 20 heavy (non-hydrogen) atoms. The van der Waals surface area contributed by atoms with Crippen LogP contribution in [0.4, 0.5) is 0 Å². The van der Waals surface area contributed by atoms with Crippen LogP contribution in [0.15, 0.2) is 24.3 Å². The Morgan fingerprint density at radius 3 is 2.80 bits per heavy atom. The van der Waals surface area contributed by atoms with Gasteiger partial charge in [0.1, 0.15) is 5.52 Å². The monoisotopic (exact) mass is 272 g/mol. The Kier molecular flexibility index (Phi) is 3.56. The molecular weight excluding hydrogens is 256 g/mol. The summed E-state index contributed by atoms with van der Waals surface area (Å²) in [5.74, 6) is -0.147. The van der Waals surface area contributed by atoms with Gasteiger partial charge in [0, 0.05) is 12.5 Å². The molecule has 1 fully saturated rings. The van der Waals surface area contributed by atoms with E-state index in [2.05, 4.69) is 20.5 Å². The molecule has 0 bridgehead atoms. The first kappa shape index (κ1) is 12.9. The molecule has 1 aromatic carbocycles. The summed E-state index contributed by atoms with van der Waals surface area (Å²) < 4.78 is 0. The van der Waals surface area contributed by atoms with Crippen molar-refractivity contribution >= 4 is 16.9 Å². The number of aliphatic hydroxyl groups excluding tert-OH is 1. The first-order chi connectivity index (χ1) is 9.74. The quantitative estimate of drug-likeness (QED) is 0.867. The molecule has 1 aromatic heterocycles. The average Bonchev–Trinajstić information content (AvgIpc) is 2.89. The number of benzene rings is 1. The molecule has 1 aliphatic rings. The maximum atomic E-state index is 12.0. The Labute approximate surface area is 116 Å². The third-order valence-corrected chi connectivity index (χ3v) is 3.71. The van der Waals surface area contributed by atoms with Gasteiger partial charge in [0.2, 0.25) is 5.82 Å². The number of nitrogens with zero attached hydrogens (tertiary/aromatic N) is 3. The fourth-order valence-corrected chi connectivity index (χ4v) is 2.54. The highest BCUT2D eigenvalue weighted by molar-refractivity contribution is 5.91. The molecule has 6 nitrogen and oxygen atoms in total. The van der Waals surface area contributed by atoms with Crippen molar-refractivity contribution in [1.29, 1.82) is 0 Å². The zero-order chi connectivity index (χ0) is 13.9. The number of carbonyl (C=O) groups excluding carboxylic acids is 1. The second-order valence-electron chi connectivity index (χ2n) is 5.09. The number of fused-ring (bicyclic) bond motifs is 1. The predicted octanol–water partition coefficient (Wildman–Crippen LogP) is 0.916. The van der Waals surface area contributed by atoms with E-state index in [9.17, 15) is 9.90 Å². The maximum absolute atomic E-state index is 12.0. The van der Waals surface area contributed by atoms with Crippen LogP contribution >= 0.6 is 0 Å². The second-order valence-corrected chi connectivity index (χ2v) is 5.09. The summed E-state index contributed by atoms with van der Waals surface area (Å²) in [4.78, 5) is 16.2. The van der Waals surface area contributed by atoms with Crippen LogP contribution in [0, 0.1) is 5.92 Å². The molecule has 1 heterocycles. The summed E-state index contributed by atoms with van der Waals surface area (Å²) in [7, 11) is 0. The molecule has 2 N–H and O–H groups in total. The lowest BCUT2D eigenvalue weighted by molar-refractivity contribution is 0.0906. The molecule has 2 aromatic rings. The number of rotatable bonds is 3. The van der Waals surface area contributed by atoms with Crippen LogP contribution in [0.3, 0.4) is 0 Å². The van der Waals surface area contributed by atoms with E-state index in [1.165, 1.54) is 0 Å². The summed E-state index contributed by atoms with van der Waals surface area (Å²) in [6, 6.07) is 7.28. The van der Waals surface area contributed by atoms with Crippen molar-refractivity contribution in [2.45, 2.75) is 25.4 Å². The lowest BCUT2D eigenvalue weighted by atomic mass is 10.1. The van der Waals surface area contributed by atoms with E-state index in [1.807, 2.05) is 12.1 Å². The lowest BCUT2D eigenvalue weighted by Crippen LogP contribution is -2.33. The van der Waals surface area contributed by atoms with Crippen molar-refractivity contribution in [2.24, 2.45) is 5.92 Å². The fraction of sp³-hybridized carbons (Fsp3) is 0.429. The highest BCUT2D eigenvalue weighted by atomic mass is 16.3. The number of hydrogen-bond donors (Lipinski definition) is 2. The lowest BCUT2D eigenvalue weighted by Gasteiger charge is -2.14. The third kappa shape index (κ3) is 2.60. The van der Waals surface area contributed by atoms with Crippen LogP contribution in [0.2, 0.25) is 0 Å². The smallest absolute Gasteiger partial charge is 0.291 e. The minimum Gasteiger partial charge on any atom is -0.393 e. The van der Waals surface area contributed by atoms with E-state index in [4.69, 9.17) is 0 Å². The van der Waals surface area contributed by atoms with E-state index in [1.54, 1.807) is 12.1 Å². The van der Waals surface area contributed by atoms with Gasteiger partial charge in [0.25, 0.3) is 5.91 Å². The molecule has 0 aliphatic heterocycles. The Bertz CT molecular complexity index is 631. The van der Waals surface area contributed by atoms with Crippen LogP contribution in [-0.2, 0) is 0 Å². The van der Waals surface area contributed by atoms with E-state index in [-0.39, 0.29) is 23.8 Å². The molecule has 1 aliphatic carbocycles. The summed E-state index contributed by atoms with van der Waals surface area (Å²) in [5.41, 5.74) is 1.31. The van der Waals surface area contributed by atoms with Crippen LogP contribution in [0.25, 0.3) is 11.0 Å². The van der Waals surface area contributed by atoms with E-state index >= 15 is 0 Å². The van der Waals surface area contributed by atoms with Gasteiger partial charge in [-0.15, -0.1) is 10.2 Å². The molecule has 0 unspecified atom stereocenters. The SMILES string of the molecule is O=C(NC[C@H]1CCC[C@@H]1O)c1nnc2ccccc2n1. The predicted molar refractivity (Wildman–Crippen MR) is 73.0 cm³/mol. The molecular formula is C14H16N4O2. The topological polar surface area (TPSA) is 88.0 Å². The minimum atomic E-state index is -0.345. The number of carbonyl (C=O) groups is 1. The molecule has 1 saturated carbocycles. The van der Waals surface area contributed by atoms with Crippen LogP contribution in [0.5, 0.6) is 0 Å². The number of amides is 1. The zero-order valence-corrected chi connectivity index (χ0v) is 11.0. The number of aromatic nitrogens is 3. The summed E-state index contributed by atoms with van der Waals surface area (Å²) in [5, 5.41) is 20.3. The molecule has 2 atom stereocenters. The zero-order valence-electron chi connectivity index (χ0n) is 11.0. The highest BCUT2D eigenvalue weighted by Crippen LogP contribution is 2.24. The van der Waals surface area contributed by atoms with Crippen molar-refractivity contribution in [3.63, 3.8) is 0 Å². The Morgan fingerprint density at radius 2 is 2.05 bits per heavy atom. The number of aliphatic hydroxyl groups is 1. The molecule has 1 amide bonds. The van der Waals surface area contributed by atoms with Crippen molar-refractivity contribution in [1.82, 2.24) is 20.5 Å². The van der Waals surface area contributed by atoms with Gasteiger partial charge in [-0.1, -0.05) is 18.6 Å². The molecule has 0 radical (unpaired) electrons. The Balaban J connectivity index is 1.69. The largest absolute Gasteiger partial charge is 0.393 e. The number of hydrogen-bond acceptors (Lipinski definition) is 5. The van der Waals surface area contributed by atoms with Crippen LogP contribution < -0.4 is 5.32 Å². The van der Waals surface area contributed by atoms with Crippen molar-refractivity contribution in [3.8, 4) is 0 Å². The summed E-state index contributed by atoms with van der Waals surface area (Å²) in [6.07, 6.45) is 2.45. The number of nitrogens with one attached hydrogen (secondary N) is 1. The van der Waals surface area contributed by atoms with Gasteiger partial charge >= 0.3 is 0 Å². The van der Waals surface area contributed by atoms with Gasteiger partial charge in [-0.05, 0) is 25.0 Å². The minimum absolute atomic E-state index is 0.0659. The van der Waals surface area contributed by atoms with Gasteiger partial charge in [-0.25, -0.2) is 4.98 Å². The second kappa shape index (κ2) is 5.50. The van der Waals surface area contributed by atoms with Gasteiger partial charge in [-0.3, -0.25) is 4.79 Å². The van der Waals surface area contributed by atoms with E-state index < -0.39 is 0 Å². The number of para-hydroxylation sites is 1. The standard InChI is InChI=1S/C14H16N4O2/c19-12-7-3-4-9(12)8-15-14(20)13-16-10-5-1-2-6-11(10)17-18-13/h1-2,5-6,9,12,19H,3-4,7-8H2,(H,15,20)/t9-,12+/m1/s1. The normalized spacial score (nSPS) is 22.1. The highest BCUT2D eigenvalue weighted by Gasteiger charge is 2.25. The van der Waals surface area contributed by atoms with E-state index in [0.717, 1.165) is 19.3 Å². The van der Waals surface area contributed by atoms with Gasteiger partial charge in [-0.2, -0.15) is 0 Å². The summed E-state index contributed by atoms with van der Waals surface area (Å²) in [6.45, 7) is 0.455. The molecule has 0 spiro atoms.